The molecule has 0 saturated carbocycles. The summed E-state index contributed by atoms with van der Waals surface area (Å²) in [7, 11) is -3.76. The number of aryl methyl sites for hydroxylation is 4. The van der Waals surface area contributed by atoms with E-state index in [1.807, 2.05) is 19.9 Å². The first-order valence-electron chi connectivity index (χ1n) is 9.41. The van der Waals surface area contributed by atoms with Crippen molar-refractivity contribution in [2.75, 3.05) is 4.72 Å². The van der Waals surface area contributed by atoms with Gasteiger partial charge in [0, 0.05) is 17.4 Å². The molecule has 0 aliphatic rings. The molecule has 0 fully saturated rings. The minimum Gasteiger partial charge on any atom is -0.439 e. The van der Waals surface area contributed by atoms with Crippen molar-refractivity contribution in [2.45, 2.75) is 32.6 Å². The van der Waals surface area contributed by atoms with Gasteiger partial charge < -0.3 is 4.74 Å². The predicted octanol–water partition coefficient (Wildman–Crippen LogP) is 3.21. The summed E-state index contributed by atoms with van der Waals surface area (Å²) in [6, 6.07) is 10.2. The van der Waals surface area contributed by atoms with Gasteiger partial charge in [0.2, 0.25) is 5.88 Å². The van der Waals surface area contributed by atoms with Crippen molar-refractivity contribution in [2.24, 2.45) is 0 Å². The Morgan fingerprint density at radius 1 is 1.03 bits per heavy atom. The fraction of sp³-hybridized carbons (Fsp3) is 0.200. The Bertz CT molecular complexity index is 1320. The zero-order valence-corrected chi connectivity index (χ0v) is 18.2. The van der Waals surface area contributed by atoms with Crippen molar-refractivity contribution in [3.8, 4) is 17.4 Å². The van der Waals surface area contributed by atoms with Gasteiger partial charge in [0.1, 0.15) is 17.0 Å². The van der Waals surface area contributed by atoms with Gasteiger partial charge in [-0.05, 0) is 58.0 Å². The van der Waals surface area contributed by atoms with Crippen molar-refractivity contribution in [3.05, 3.63) is 65.5 Å². The number of aromatic nitrogens is 6. The number of sulfonamides is 1. The normalized spacial score (nSPS) is 11.5. The summed E-state index contributed by atoms with van der Waals surface area (Å²) in [5.74, 6) is 1.43. The summed E-state index contributed by atoms with van der Waals surface area (Å²) in [5, 5.41) is 11.0. The van der Waals surface area contributed by atoms with E-state index >= 15 is 0 Å². The van der Waals surface area contributed by atoms with E-state index in [-0.39, 0.29) is 4.90 Å². The minimum atomic E-state index is -3.76. The van der Waals surface area contributed by atoms with Crippen LogP contribution in [0.1, 0.15) is 22.8 Å². The fourth-order valence-electron chi connectivity index (χ4n) is 3.22. The Morgan fingerprint density at radius 2 is 1.77 bits per heavy atom. The molecule has 0 saturated heterocycles. The van der Waals surface area contributed by atoms with Crippen LogP contribution in [0.3, 0.4) is 0 Å². The Labute approximate surface area is 179 Å². The lowest BCUT2D eigenvalue weighted by Crippen LogP contribution is -2.14. The lowest BCUT2D eigenvalue weighted by molar-refractivity contribution is 0.460. The summed E-state index contributed by atoms with van der Waals surface area (Å²) < 4.78 is 35.4. The lowest BCUT2D eigenvalue weighted by atomic mass is 10.3. The summed E-state index contributed by atoms with van der Waals surface area (Å²) in [6.45, 7) is 7.15. The average molecular weight is 440 g/mol. The first kappa shape index (κ1) is 20.5. The van der Waals surface area contributed by atoms with E-state index in [1.165, 1.54) is 6.33 Å². The molecule has 11 heteroatoms. The standard InChI is InChI=1S/C20H21N7O3S/c1-12-9-13(2)27(25-12)18-10-19(22-11-21-18)30-17-7-5-16(6-8-17)26-31(28,29)20-14(3)23-24-15(20)4/h5-11,26H,1-4H3,(H,23,24). The number of nitrogens with zero attached hydrogens (tertiary/aromatic N) is 5. The van der Waals surface area contributed by atoms with Crippen LogP contribution < -0.4 is 9.46 Å². The predicted molar refractivity (Wildman–Crippen MR) is 114 cm³/mol. The van der Waals surface area contributed by atoms with Crippen LogP contribution in [0, 0.1) is 27.7 Å². The van der Waals surface area contributed by atoms with Gasteiger partial charge >= 0.3 is 0 Å². The second-order valence-electron chi connectivity index (χ2n) is 7.05. The Morgan fingerprint density at radius 3 is 2.39 bits per heavy atom. The molecule has 3 aromatic heterocycles. The highest BCUT2D eigenvalue weighted by Crippen LogP contribution is 2.25. The van der Waals surface area contributed by atoms with Crippen LogP contribution in [-0.4, -0.2) is 38.4 Å². The van der Waals surface area contributed by atoms with Crippen LogP contribution >= 0.6 is 0 Å². The molecule has 0 bridgehead atoms. The first-order valence-corrected chi connectivity index (χ1v) is 10.9. The van der Waals surface area contributed by atoms with Crippen molar-refractivity contribution < 1.29 is 13.2 Å². The van der Waals surface area contributed by atoms with Crippen LogP contribution in [0.25, 0.3) is 5.82 Å². The van der Waals surface area contributed by atoms with Crippen LogP contribution in [0.15, 0.2) is 47.6 Å². The van der Waals surface area contributed by atoms with E-state index in [0.29, 0.717) is 34.5 Å². The molecule has 0 spiro atoms. The molecule has 0 aliphatic heterocycles. The van der Waals surface area contributed by atoms with E-state index in [0.717, 1.165) is 11.4 Å². The third-order valence-corrected chi connectivity index (χ3v) is 6.16. The first-order chi connectivity index (χ1) is 14.7. The van der Waals surface area contributed by atoms with E-state index in [1.54, 1.807) is 48.9 Å². The quantitative estimate of drug-likeness (QED) is 0.472. The van der Waals surface area contributed by atoms with Crippen molar-refractivity contribution in [3.63, 3.8) is 0 Å². The topological polar surface area (TPSA) is 128 Å². The molecule has 0 amide bonds. The summed E-state index contributed by atoms with van der Waals surface area (Å²) in [6.07, 6.45) is 1.40. The second kappa shape index (κ2) is 7.84. The molecule has 0 radical (unpaired) electrons. The number of ether oxygens (including phenoxy) is 1. The number of aromatic amines is 1. The lowest BCUT2D eigenvalue weighted by Gasteiger charge is -2.10. The largest absolute Gasteiger partial charge is 0.439 e. The zero-order valence-electron chi connectivity index (χ0n) is 17.4. The molecular weight excluding hydrogens is 418 g/mol. The molecule has 31 heavy (non-hydrogen) atoms. The second-order valence-corrected chi connectivity index (χ2v) is 8.67. The summed E-state index contributed by atoms with van der Waals surface area (Å²) >= 11 is 0. The van der Waals surface area contributed by atoms with Gasteiger partial charge in [-0.3, -0.25) is 9.82 Å². The number of nitrogens with one attached hydrogen (secondary N) is 2. The number of rotatable bonds is 6. The summed E-state index contributed by atoms with van der Waals surface area (Å²) in [4.78, 5) is 8.52. The molecule has 0 unspecified atom stereocenters. The highest BCUT2D eigenvalue weighted by Gasteiger charge is 2.22. The van der Waals surface area contributed by atoms with Gasteiger partial charge in [-0.15, -0.1) is 0 Å². The molecule has 3 heterocycles. The SMILES string of the molecule is Cc1cc(C)n(-c2cc(Oc3ccc(NS(=O)(=O)c4c(C)n[nH]c4C)cc3)ncn2)n1. The van der Waals surface area contributed by atoms with E-state index in [9.17, 15) is 8.42 Å². The maximum atomic E-state index is 12.7. The highest BCUT2D eigenvalue weighted by atomic mass is 32.2. The fourth-order valence-corrected chi connectivity index (χ4v) is 4.65. The molecule has 4 aromatic rings. The smallest absolute Gasteiger partial charge is 0.265 e. The number of anilines is 1. The van der Waals surface area contributed by atoms with Crippen LogP contribution in [0.5, 0.6) is 11.6 Å². The third kappa shape index (κ3) is 4.26. The Balaban J connectivity index is 1.51. The molecule has 0 aliphatic carbocycles. The average Bonchev–Trinajstić information content (AvgIpc) is 3.24. The molecule has 160 valence electrons. The van der Waals surface area contributed by atoms with Gasteiger partial charge in [0.05, 0.1) is 17.1 Å². The van der Waals surface area contributed by atoms with E-state index < -0.39 is 10.0 Å². The maximum absolute atomic E-state index is 12.7. The third-order valence-electron chi connectivity index (χ3n) is 4.51. The molecule has 1 aromatic carbocycles. The minimum absolute atomic E-state index is 0.144. The molecule has 0 atom stereocenters. The van der Waals surface area contributed by atoms with Gasteiger partial charge in [-0.1, -0.05) is 0 Å². The number of H-pyrrole nitrogens is 1. The molecule has 4 rings (SSSR count). The van der Waals surface area contributed by atoms with Crippen molar-refractivity contribution in [1.82, 2.24) is 29.9 Å². The number of hydrogen-bond acceptors (Lipinski definition) is 7. The molecule has 2 N–H and O–H groups in total. The zero-order chi connectivity index (χ0) is 22.2. The van der Waals surface area contributed by atoms with Gasteiger partial charge in [-0.2, -0.15) is 10.2 Å². The highest BCUT2D eigenvalue weighted by molar-refractivity contribution is 7.92. The van der Waals surface area contributed by atoms with Crippen molar-refractivity contribution >= 4 is 15.7 Å². The molecular formula is C20H21N7O3S. The molecule has 10 nitrogen and oxygen atoms in total. The van der Waals surface area contributed by atoms with Crippen LogP contribution in [-0.2, 0) is 10.0 Å². The maximum Gasteiger partial charge on any atom is 0.265 e. The van der Waals surface area contributed by atoms with Gasteiger partial charge in [0.25, 0.3) is 10.0 Å². The number of hydrogen-bond donors (Lipinski definition) is 2. The summed E-state index contributed by atoms with van der Waals surface area (Å²) in [5.41, 5.74) is 3.12. The Hall–Kier alpha value is -3.73. The monoisotopic (exact) mass is 439 g/mol. The van der Waals surface area contributed by atoms with Crippen LogP contribution in [0.2, 0.25) is 0 Å². The van der Waals surface area contributed by atoms with Gasteiger partial charge in [-0.25, -0.2) is 23.1 Å². The number of benzene rings is 1. The van der Waals surface area contributed by atoms with Crippen molar-refractivity contribution in [1.29, 1.82) is 0 Å². The van der Waals surface area contributed by atoms with E-state index in [4.69, 9.17) is 4.74 Å². The van der Waals surface area contributed by atoms with E-state index in [2.05, 4.69) is 30.0 Å². The van der Waals surface area contributed by atoms with Crippen LogP contribution in [0.4, 0.5) is 5.69 Å². The van der Waals surface area contributed by atoms with Gasteiger partial charge in [0.15, 0.2) is 5.82 Å². The Kier molecular flexibility index (Phi) is 5.19.